The molecule has 0 saturated heterocycles. The van der Waals surface area contributed by atoms with Crippen molar-refractivity contribution in [2.75, 3.05) is 0 Å². The zero-order valence-corrected chi connectivity index (χ0v) is 20.9. The molecule has 3 aromatic rings. The number of carbonyl (C=O) groups is 1. The minimum absolute atomic E-state index is 0.0124. The van der Waals surface area contributed by atoms with E-state index >= 15 is 0 Å². The Morgan fingerprint density at radius 2 is 1.58 bits per heavy atom. The van der Waals surface area contributed by atoms with Gasteiger partial charge in [-0.1, -0.05) is 65.7 Å². The summed E-state index contributed by atoms with van der Waals surface area (Å²) >= 11 is 1.21. The molecule has 36 heavy (non-hydrogen) atoms. The van der Waals surface area contributed by atoms with E-state index in [1.54, 1.807) is 30.3 Å². The van der Waals surface area contributed by atoms with E-state index in [0.29, 0.717) is 15.8 Å². The molecular formula is C26H20N4O4S2. The number of rotatable bonds is 5. The summed E-state index contributed by atoms with van der Waals surface area (Å²) in [5, 5.41) is 15.3. The number of nitrogens with zero attached hydrogens (tertiary/aromatic N) is 3. The molecule has 0 saturated carbocycles. The Bertz CT molecular complexity index is 1590. The molecule has 0 atom stereocenters. The van der Waals surface area contributed by atoms with Gasteiger partial charge in [-0.3, -0.25) is 10.2 Å². The number of hydrogen-bond acceptors (Lipinski definition) is 7. The first-order chi connectivity index (χ1) is 17.2. The van der Waals surface area contributed by atoms with Crippen LogP contribution in [0.4, 0.5) is 0 Å². The van der Waals surface area contributed by atoms with Gasteiger partial charge in [-0.2, -0.15) is 23.5 Å². The maximum atomic E-state index is 12.8. The second kappa shape index (κ2) is 9.21. The first kappa shape index (κ1) is 23.7. The van der Waals surface area contributed by atoms with E-state index in [1.807, 2.05) is 38.1 Å². The maximum Gasteiger partial charge on any atom is 0.339 e. The van der Waals surface area contributed by atoms with Crippen molar-refractivity contribution >= 4 is 49.9 Å². The average molecular weight is 517 g/mol. The molecule has 0 unspecified atom stereocenters. The van der Waals surface area contributed by atoms with Crippen LogP contribution in [0.3, 0.4) is 0 Å². The molecule has 3 aromatic carbocycles. The van der Waals surface area contributed by atoms with E-state index in [0.717, 1.165) is 16.7 Å². The summed E-state index contributed by atoms with van der Waals surface area (Å²) < 4.78 is 31.1. The van der Waals surface area contributed by atoms with Gasteiger partial charge in [-0.15, -0.1) is 0 Å². The van der Waals surface area contributed by atoms with Crippen molar-refractivity contribution in [1.82, 2.24) is 5.01 Å². The van der Waals surface area contributed by atoms with E-state index in [-0.39, 0.29) is 22.1 Å². The number of benzene rings is 3. The Hall–Kier alpha value is -4.02. The number of aryl methyl sites for hydroxylation is 2. The zero-order chi connectivity index (χ0) is 25.4. The fourth-order valence-corrected chi connectivity index (χ4v) is 5.36. The van der Waals surface area contributed by atoms with E-state index in [1.165, 1.54) is 41.0 Å². The van der Waals surface area contributed by atoms with Crippen LogP contribution in [0.2, 0.25) is 0 Å². The molecule has 5 rings (SSSR count). The van der Waals surface area contributed by atoms with E-state index in [9.17, 15) is 13.2 Å². The van der Waals surface area contributed by atoms with Gasteiger partial charge in [0.05, 0.1) is 5.57 Å². The third-order valence-corrected chi connectivity index (χ3v) is 7.69. The number of aliphatic imine (C=N–C) groups is 1. The van der Waals surface area contributed by atoms with E-state index < -0.39 is 16.0 Å². The summed E-state index contributed by atoms with van der Waals surface area (Å²) in [4.78, 5) is 17.0. The molecule has 2 aliphatic rings. The second-order valence-electron chi connectivity index (χ2n) is 8.18. The van der Waals surface area contributed by atoms with Gasteiger partial charge < -0.3 is 4.18 Å². The van der Waals surface area contributed by atoms with Crippen molar-refractivity contribution in [1.29, 1.82) is 5.41 Å². The normalized spacial score (nSPS) is 16.6. The molecular weight excluding hydrogens is 496 g/mol. The van der Waals surface area contributed by atoms with Crippen LogP contribution < -0.4 is 4.18 Å². The number of thioether (sulfide) groups is 1. The average Bonchev–Trinajstić information content (AvgIpc) is 3.27. The lowest BCUT2D eigenvalue weighted by molar-refractivity contribution is -0.114. The summed E-state index contributed by atoms with van der Waals surface area (Å²) in [6.45, 7) is 3.84. The van der Waals surface area contributed by atoms with Gasteiger partial charge in [0.25, 0.3) is 5.91 Å². The molecule has 2 aliphatic heterocycles. The summed E-state index contributed by atoms with van der Waals surface area (Å²) in [5.74, 6) is -0.744. The fraction of sp³-hybridized carbons (Fsp3) is 0.0769. The third kappa shape index (κ3) is 4.60. The molecule has 2 heterocycles. The number of nitrogens with one attached hydrogen (secondary N) is 1. The van der Waals surface area contributed by atoms with Gasteiger partial charge in [0.1, 0.15) is 15.7 Å². The monoisotopic (exact) mass is 516 g/mol. The molecule has 1 N–H and O–H groups in total. The molecule has 0 radical (unpaired) electrons. The Balaban J connectivity index is 1.46. The first-order valence-electron chi connectivity index (χ1n) is 10.9. The lowest BCUT2D eigenvalue weighted by atomic mass is 10.1. The van der Waals surface area contributed by atoms with Crippen LogP contribution >= 0.6 is 11.8 Å². The minimum Gasteiger partial charge on any atom is -0.378 e. The molecule has 0 spiro atoms. The maximum absolute atomic E-state index is 12.8. The highest BCUT2D eigenvalue weighted by Crippen LogP contribution is 2.32. The van der Waals surface area contributed by atoms with Crippen LogP contribution in [0.5, 0.6) is 5.75 Å². The summed E-state index contributed by atoms with van der Waals surface area (Å²) in [5.41, 5.74) is 3.16. The summed E-state index contributed by atoms with van der Waals surface area (Å²) in [6, 6.07) is 20.5. The van der Waals surface area contributed by atoms with Crippen LogP contribution in [0.1, 0.15) is 22.3 Å². The number of fused-ring (bicyclic) bond motifs is 1. The van der Waals surface area contributed by atoms with Crippen molar-refractivity contribution in [2.45, 2.75) is 18.7 Å². The number of amidine groups is 2. The van der Waals surface area contributed by atoms with Crippen LogP contribution in [0, 0.1) is 19.3 Å². The summed E-state index contributed by atoms with van der Waals surface area (Å²) in [7, 11) is -4.11. The third-order valence-electron chi connectivity index (χ3n) is 5.48. The highest BCUT2D eigenvalue weighted by molar-refractivity contribution is 8.27. The van der Waals surface area contributed by atoms with Gasteiger partial charge in [0.2, 0.25) is 5.17 Å². The predicted molar refractivity (Wildman–Crippen MR) is 141 cm³/mol. The fourth-order valence-electron chi connectivity index (χ4n) is 3.51. The first-order valence-corrected chi connectivity index (χ1v) is 13.1. The highest BCUT2D eigenvalue weighted by Gasteiger charge is 2.36. The highest BCUT2D eigenvalue weighted by atomic mass is 32.2. The Labute approximate surface area is 212 Å². The molecule has 0 aromatic heterocycles. The smallest absolute Gasteiger partial charge is 0.339 e. The SMILES string of the molecule is Cc1ccc(C2=NN3C(=N)/C(=C\c4ccccc4OS(=O)(=O)c4ccc(C)cc4)C(=O)N=C3S2)cc1. The van der Waals surface area contributed by atoms with Gasteiger partial charge in [0, 0.05) is 11.1 Å². The van der Waals surface area contributed by atoms with Crippen molar-refractivity contribution in [3.05, 3.63) is 101 Å². The van der Waals surface area contributed by atoms with Crippen LogP contribution in [0.25, 0.3) is 6.08 Å². The van der Waals surface area contributed by atoms with Gasteiger partial charge in [-0.25, -0.2) is 0 Å². The number of carbonyl (C=O) groups excluding carboxylic acids is 1. The molecule has 8 nitrogen and oxygen atoms in total. The Morgan fingerprint density at radius 3 is 2.28 bits per heavy atom. The molecule has 180 valence electrons. The standard InChI is InChI=1S/C26H20N4O4S2/c1-16-7-11-18(12-8-16)25-29-30-23(27)21(24(31)28-26(30)35-25)15-19-5-3-4-6-22(19)34-36(32,33)20-13-9-17(2)10-14-20/h3-15,27H,1-2H3/b21-15+,27-23?. The lowest BCUT2D eigenvalue weighted by Gasteiger charge is -2.20. The number of hydrogen-bond donors (Lipinski definition) is 1. The lowest BCUT2D eigenvalue weighted by Crippen LogP contribution is -2.35. The Kier molecular flexibility index (Phi) is 6.07. The molecule has 0 fully saturated rings. The van der Waals surface area contributed by atoms with Crippen molar-refractivity contribution in [3.63, 3.8) is 0 Å². The number of amides is 1. The summed E-state index contributed by atoms with van der Waals surface area (Å²) in [6.07, 6.45) is 1.40. The van der Waals surface area contributed by atoms with Crippen LogP contribution in [-0.4, -0.2) is 35.4 Å². The topological polar surface area (TPSA) is 112 Å². The second-order valence-corrected chi connectivity index (χ2v) is 10.7. The number of hydrazone groups is 1. The van der Waals surface area contributed by atoms with Crippen LogP contribution in [-0.2, 0) is 14.9 Å². The molecule has 0 aliphatic carbocycles. The minimum atomic E-state index is -4.11. The van der Waals surface area contributed by atoms with Crippen molar-refractivity contribution in [2.24, 2.45) is 10.1 Å². The van der Waals surface area contributed by atoms with Gasteiger partial charge in [0.15, 0.2) is 5.84 Å². The molecule has 10 heteroatoms. The predicted octanol–water partition coefficient (Wildman–Crippen LogP) is 4.74. The number of para-hydroxylation sites is 1. The Morgan fingerprint density at radius 1 is 0.944 bits per heavy atom. The molecule has 1 amide bonds. The van der Waals surface area contributed by atoms with Gasteiger partial charge in [-0.05, 0) is 49.9 Å². The van der Waals surface area contributed by atoms with Crippen molar-refractivity contribution in [3.8, 4) is 5.75 Å². The van der Waals surface area contributed by atoms with E-state index in [4.69, 9.17) is 9.59 Å². The largest absolute Gasteiger partial charge is 0.378 e. The van der Waals surface area contributed by atoms with Crippen LogP contribution in [0.15, 0.2) is 93.4 Å². The van der Waals surface area contributed by atoms with E-state index in [2.05, 4.69) is 10.1 Å². The van der Waals surface area contributed by atoms with Gasteiger partial charge >= 0.3 is 10.1 Å². The molecule has 0 bridgehead atoms. The quantitative estimate of drug-likeness (QED) is 0.387. The zero-order valence-electron chi connectivity index (χ0n) is 19.3. The van der Waals surface area contributed by atoms with Crippen molar-refractivity contribution < 1.29 is 17.4 Å².